The summed E-state index contributed by atoms with van der Waals surface area (Å²) in [4.78, 5) is 26.2. The van der Waals surface area contributed by atoms with Gasteiger partial charge < -0.3 is 10.1 Å². The monoisotopic (exact) mass is 542 g/mol. The molecular weight excluding hydrogens is 520 g/mol. The maximum atomic E-state index is 12.4. The minimum atomic E-state index is 0.0404. The third kappa shape index (κ3) is 4.64. The highest BCUT2D eigenvalue weighted by molar-refractivity contribution is 9.10. The number of methoxy groups -OCH3 is 1. The summed E-state index contributed by atoms with van der Waals surface area (Å²) in [6.45, 7) is 1.07. The number of benzene rings is 1. The molecule has 1 N–H and O–H groups in total. The standard InChI is InChI=1S/C24H24BrClN6O2/c1-34-8-7-28-24(33)16-5-4-14(9-16)10-20-29-13-18-22(25)31-32(23(18)30-20)17-11-15-3-2-6-27-21(15)19(26)12-17/h2-3,6,11-14,16H,4-5,7-10H2,1H3,(H,28,33)/t14-,16-/m1/s1. The van der Waals surface area contributed by atoms with Crippen LogP contribution >= 0.6 is 27.5 Å². The molecule has 1 fully saturated rings. The first-order valence-corrected chi connectivity index (χ1v) is 12.4. The molecule has 0 radical (unpaired) electrons. The molecule has 5 rings (SSSR count). The summed E-state index contributed by atoms with van der Waals surface area (Å²) in [5, 5.41) is 9.91. The number of amides is 1. The van der Waals surface area contributed by atoms with Crippen molar-refractivity contribution in [3.8, 4) is 5.69 Å². The second-order valence-corrected chi connectivity index (χ2v) is 9.75. The topological polar surface area (TPSA) is 94.8 Å². The number of fused-ring (bicyclic) bond motifs is 2. The molecule has 1 aromatic carbocycles. The van der Waals surface area contributed by atoms with Crippen molar-refractivity contribution in [1.29, 1.82) is 0 Å². The van der Waals surface area contributed by atoms with Crippen LogP contribution in [0.15, 0.2) is 41.3 Å². The molecule has 0 saturated heterocycles. The fourth-order valence-electron chi connectivity index (χ4n) is 4.62. The molecule has 176 valence electrons. The van der Waals surface area contributed by atoms with Crippen molar-refractivity contribution in [1.82, 2.24) is 30.0 Å². The Bertz CT molecular complexity index is 1360. The Morgan fingerprint density at radius 3 is 3.06 bits per heavy atom. The average molecular weight is 544 g/mol. The van der Waals surface area contributed by atoms with Gasteiger partial charge in [-0.3, -0.25) is 9.78 Å². The second kappa shape index (κ2) is 9.93. The van der Waals surface area contributed by atoms with Crippen molar-refractivity contribution in [2.24, 2.45) is 11.8 Å². The van der Waals surface area contributed by atoms with Gasteiger partial charge in [-0.2, -0.15) is 5.10 Å². The maximum absolute atomic E-state index is 12.4. The van der Waals surface area contributed by atoms with E-state index in [4.69, 9.17) is 21.3 Å². The van der Waals surface area contributed by atoms with Crippen LogP contribution in [0.25, 0.3) is 27.6 Å². The van der Waals surface area contributed by atoms with Crippen molar-refractivity contribution in [3.63, 3.8) is 0 Å². The number of aromatic nitrogens is 5. The van der Waals surface area contributed by atoms with Gasteiger partial charge in [0.15, 0.2) is 5.65 Å². The Kier molecular flexibility index (Phi) is 6.76. The van der Waals surface area contributed by atoms with E-state index in [1.54, 1.807) is 24.2 Å². The summed E-state index contributed by atoms with van der Waals surface area (Å²) in [6.07, 6.45) is 6.97. The third-order valence-corrected chi connectivity index (χ3v) is 7.18. The summed E-state index contributed by atoms with van der Waals surface area (Å²) < 4.78 is 7.46. The highest BCUT2D eigenvalue weighted by Crippen LogP contribution is 2.34. The number of halogens is 2. The zero-order chi connectivity index (χ0) is 23.7. The van der Waals surface area contributed by atoms with E-state index in [0.717, 1.165) is 53.5 Å². The van der Waals surface area contributed by atoms with E-state index in [1.165, 1.54) is 0 Å². The Balaban J connectivity index is 1.38. The average Bonchev–Trinajstić information content (AvgIpc) is 3.43. The molecule has 10 heteroatoms. The van der Waals surface area contributed by atoms with Gasteiger partial charge in [-0.1, -0.05) is 17.7 Å². The fraction of sp³-hybridized carbons (Fsp3) is 0.375. The van der Waals surface area contributed by atoms with Crippen LogP contribution in [-0.2, 0) is 16.0 Å². The number of nitrogens with one attached hydrogen (secondary N) is 1. The smallest absolute Gasteiger partial charge is 0.223 e. The number of pyridine rings is 1. The minimum Gasteiger partial charge on any atom is -0.383 e. The van der Waals surface area contributed by atoms with Gasteiger partial charge in [0.05, 0.1) is 28.2 Å². The molecule has 0 spiro atoms. The Morgan fingerprint density at radius 2 is 2.21 bits per heavy atom. The third-order valence-electron chi connectivity index (χ3n) is 6.31. The highest BCUT2D eigenvalue weighted by Gasteiger charge is 2.30. The molecule has 34 heavy (non-hydrogen) atoms. The van der Waals surface area contributed by atoms with E-state index in [-0.39, 0.29) is 11.8 Å². The van der Waals surface area contributed by atoms with Gasteiger partial charge in [-0.25, -0.2) is 14.6 Å². The molecule has 0 bridgehead atoms. The van der Waals surface area contributed by atoms with Crippen LogP contribution in [-0.4, -0.2) is 50.9 Å². The summed E-state index contributed by atoms with van der Waals surface area (Å²) in [5.41, 5.74) is 2.27. The van der Waals surface area contributed by atoms with Crippen LogP contribution in [0.2, 0.25) is 5.02 Å². The Labute approximate surface area is 210 Å². The van der Waals surface area contributed by atoms with E-state index in [1.807, 2.05) is 24.3 Å². The Hall–Kier alpha value is -2.62. The summed E-state index contributed by atoms with van der Waals surface area (Å²) in [6, 6.07) is 7.70. The normalized spacial score (nSPS) is 18.1. The van der Waals surface area contributed by atoms with Crippen LogP contribution < -0.4 is 5.32 Å². The number of hydrogen-bond donors (Lipinski definition) is 1. The van der Waals surface area contributed by atoms with Gasteiger partial charge in [-0.05, 0) is 59.3 Å². The molecule has 1 aliphatic carbocycles. The molecule has 4 aromatic rings. The van der Waals surface area contributed by atoms with E-state index in [0.29, 0.717) is 34.3 Å². The summed E-state index contributed by atoms with van der Waals surface area (Å²) >= 11 is 10.0. The van der Waals surface area contributed by atoms with Gasteiger partial charge in [0.1, 0.15) is 10.4 Å². The quantitative estimate of drug-likeness (QED) is 0.345. The second-order valence-electron chi connectivity index (χ2n) is 8.59. The van der Waals surface area contributed by atoms with Gasteiger partial charge in [0.2, 0.25) is 5.91 Å². The van der Waals surface area contributed by atoms with Crippen molar-refractivity contribution >= 4 is 55.4 Å². The van der Waals surface area contributed by atoms with Crippen LogP contribution in [0, 0.1) is 11.8 Å². The van der Waals surface area contributed by atoms with Crippen LogP contribution in [0.3, 0.4) is 0 Å². The first-order chi connectivity index (χ1) is 16.5. The summed E-state index contributed by atoms with van der Waals surface area (Å²) in [5.74, 6) is 1.27. The zero-order valence-electron chi connectivity index (χ0n) is 18.7. The number of nitrogens with zero attached hydrogens (tertiary/aromatic N) is 5. The van der Waals surface area contributed by atoms with Crippen LogP contribution in [0.1, 0.15) is 25.1 Å². The molecule has 2 atom stereocenters. The van der Waals surface area contributed by atoms with Crippen molar-refractivity contribution in [2.75, 3.05) is 20.3 Å². The fourth-order valence-corrected chi connectivity index (χ4v) is 5.32. The molecule has 8 nitrogen and oxygen atoms in total. The predicted molar refractivity (Wildman–Crippen MR) is 134 cm³/mol. The first kappa shape index (κ1) is 23.1. The molecule has 0 aliphatic heterocycles. The number of carbonyl (C=O) groups is 1. The van der Waals surface area contributed by atoms with Gasteiger partial charge in [-0.15, -0.1) is 0 Å². The lowest BCUT2D eigenvalue weighted by Gasteiger charge is -2.12. The SMILES string of the molecule is COCCNC(=O)[C@@H]1CC[C@@H](Cc2ncc3c(Br)nn(-c4cc(Cl)c5ncccc5c4)c3n2)C1. The lowest BCUT2D eigenvalue weighted by molar-refractivity contribution is -0.125. The molecule has 3 aromatic heterocycles. The highest BCUT2D eigenvalue weighted by atomic mass is 79.9. The van der Waals surface area contributed by atoms with Crippen molar-refractivity contribution in [3.05, 3.63) is 52.1 Å². The minimum absolute atomic E-state index is 0.0404. The molecule has 0 unspecified atom stereocenters. The summed E-state index contributed by atoms with van der Waals surface area (Å²) in [7, 11) is 1.63. The van der Waals surface area contributed by atoms with E-state index < -0.39 is 0 Å². The van der Waals surface area contributed by atoms with Crippen LogP contribution in [0.4, 0.5) is 0 Å². The molecular formula is C24H24BrClN6O2. The zero-order valence-corrected chi connectivity index (χ0v) is 21.0. The number of hydrogen-bond acceptors (Lipinski definition) is 6. The van der Waals surface area contributed by atoms with E-state index >= 15 is 0 Å². The lowest BCUT2D eigenvalue weighted by atomic mass is 10.0. The van der Waals surface area contributed by atoms with Crippen molar-refractivity contribution < 1.29 is 9.53 Å². The number of rotatable bonds is 7. The molecule has 1 amide bonds. The van der Waals surface area contributed by atoms with Gasteiger partial charge in [0.25, 0.3) is 0 Å². The number of carbonyl (C=O) groups excluding carboxylic acids is 1. The predicted octanol–water partition coefficient (Wildman–Crippen LogP) is 4.50. The van der Waals surface area contributed by atoms with E-state index in [2.05, 4.69) is 36.3 Å². The van der Waals surface area contributed by atoms with Crippen LogP contribution in [0.5, 0.6) is 0 Å². The van der Waals surface area contributed by atoms with Crippen molar-refractivity contribution in [2.45, 2.75) is 25.7 Å². The molecule has 1 saturated carbocycles. The number of ether oxygens (including phenoxy) is 1. The molecule has 1 aliphatic rings. The lowest BCUT2D eigenvalue weighted by Crippen LogP contribution is -2.32. The van der Waals surface area contributed by atoms with E-state index in [9.17, 15) is 4.79 Å². The molecule has 3 heterocycles. The Morgan fingerprint density at radius 1 is 1.32 bits per heavy atom. The first-order valence-electron chi connectivity index (χ1n) is 11.2. The largest absolute Gasteiger partial charge is 0.383 e. The van der Waals surface area contributed by atoms with Gasteiger partial charge in [0, 0.05) is 43.8 Å². The maximum Gasteiger partial charge on any atom is 0.223 e. The van der Waals surface area contributed by atoms with Gasteiger partial charge >= 0.3 is 0 Å².